The maximum Gasteiger partial charge on any atom is 0.113 e. The molecular weight excluding hydrogens is 240 g/mol. The smallest absolute Gasteiger partial charge is 0.113 e. The lowest BCUT2D eigenvalue weighted by Crippen LogP contribution is -2.34. The van der Waals surface area contributed by atoms with Crippen LogP contribution in [0.4, 0.5) is 0 Å². The quantitative estimate of drug-likeness (QED) is 0.778. The predicted octanol–water partition coefficient (Wildman–Crippen LogP) is 3.69. The molecule has 2 N–H and O–H groups in total. The molecule has 0 radical (unpaired) electrons. The second-order valence-corrected chi connectivity index (χ2v) is 6.07. The van der Waals surface area contributed by atoms with E-state index >= 15 is 0 Å². The van der Waals surface area contributed by atoms with E-state index in [9.17, 15) is 0 Å². The lowest BCUT2D eigenvalue weighted by Gasteiger charge is -2.23. The SMILES string of the molecule is CCC(N)(CC)c1nc2c(s1)Cc1ccccc1-2. The molecular formula is C15H18N2S. The Morgan fingerprint density at radius 3 is 2.72 bits per heavy atom. The fraction of sp³-hybridized carbons (Fsp3) is 0.400. The van der Waals surface area contributed by atoms with Crippen LogP contribution in [-0.2, 0) is 12.0 Å². The topological polar surface area (TPSA) is 38.9 Å². The Kier molecular flexibility index (Phi) is 2.76. The number of fused-ring (bicyclic) bond motifs is 3. The van der Waals surface area contributed by atoms with Gasteiger partial charge in [-0.1, -0.05) is 38.1 Å². The number of thiazole rings is 1. The Balaban J connectivity index is 2.08. The van der Waals surface area contributed by atoms with Gasteiger partial charge < -0.3 is 5.73 Å². The molecule has 1 aliphatic carbocycles. The molecule has 3 rings (SSSR count). The summed E-state index contributed by atoms with van der Waals surface area (Å²) in [6.45, 7) is 4.29. The van der Waals surface area contributed by atoms with Gasteiger partial charge in [0, 0.05) is 16.9 Å². The Labute approximate surface area is 112 Å². The summed E-state index contributed by atoms with van der Waals surface area (Å²) in [5, 5.41) is 1.10. The van der Waals surface area contributed by atoms with Crippen LogP contribution in [0.1, 0.15) is 42.1 Å². The summed E-state index contributed by atoms with van der Waals surface area (Å²) >= 11 is 1.80. The molecule has 1 heterocycles. The first-order valence-electron chi connectivity index (χ1n) is 6.55. The average Bonchev–Trinajstić information content (AvgIpc) is 2.95. The highest BCUT2D eigenvalue weighted by molar-refractivity contribution is 7.12. The molecule has 2 aromatic rings. The van der Waals surface area contributed by atoms with Crippen molar-refractivity contribution in [2.75, 3.05) is 0 Å². The molecule has 0 bridgehead atoms. The Hall–Kier alpha value is -1.19. The van der Waals surface area contributed by atoms with Gasteiger partial charge in [0.25, 0.3) is 0 Å². The van der Waals surface area contributed by atoms with E-state index in [1.165, 1.54) is 21.7 Å². The number of rotatable bonds is 3. The van der Waals surface area contributed by atoms with Crippen LogP contribution < -0.4 is 5.73 Å². The van der Waals surface area contributed by atoms with Gasteiger partial charge in [-0.15, -0.1) is 11.3 Å². The van der Waals surface area contributed by atoms with Crippen LogP contribution in [0.15, 0.2) is 24.3 Å². The number of hydrogen-bond acceptors (Lipinski definition) is 3. The van der Waals surface area contributed by atoms with Crippen molar-refractivity contribution in [2.45, 2.75) is 38.6 Å². The summed E-state index contributed by atoms with van der Waals surface area (Å²) in [5.41, 5.74) is 10.1. The van der Waals surface area contributed by atoms with Crippen LogP contribution in [0.5, 0.6) is 0 Å². The Morgan fingerprint density at radius 1 is 1.28 bits per heavy atom. The summed E-state index contributed by atoms with van der Waals surface area (Å²) in [7, 11) is 0. The number of nitrogens with zero attached hydrogens (tertiary/aromatic N) is 1. The van der Waals surface area contributed by atoms with Crippen molar-refractivity contribution >= 4 is 11.3 Å². The predicted molar refractivity (Wildman–Crippen MR) is 76.8 cm³/mol. The number of aromatic nitrogens is 1. The first kappa shape index (κ1) is 11.9. The minimum absolute atomic E-state index is 0.246. The molecule has 1 aromatic carbocycles. The second-order valence-electron chi connectivity index (χ2n) is 4.99. The van der Waals surface area contributed by atoms with Crippen molar-refractivity contribution in [1.29, 1.82) is 0 Å². The molecule has 18 heavy (non-hydrogen) atoms. The highest BCUT2D eigenvalue weighted by Crippen LogP contribution is 2.42. The molecule has 0 fully saturated rings. The van der Waals surface area contributed by atoms with E-state index in [2.05, 4.69) is 38.1 Å². The van der Waals surface area contributed by atoms with Gasteiger partial charge in [-0.3, -0.25) is 0 Å². The molecule has 0 saturated carbocycles. The van der Waals surface area contributed by atoms with E-state index in [1.807, 2.05) is 0 Å². The maximum atomic E-state index is 6.45. The van der Waals surface area contributed by atoms with E-state index in [4.69, 9.17) is 10.7 Å². The van der Waals surface area contributed by atoms with Gasteiger partial charge in [-0.25, -0.2) is 4.98 Å². The molecule has 2 nitrogen and oxygen atoms in total. The zero-order valence-corrected chi connectivity index (χ0v) is 11.7. The summed E-state index contributed by atoms with van der Waals surface area (Å²) in [6, 6.07) is 8.55. The largest absolute Gasteiger partial charge is 0.319 e. The number of hydrogen-bond donors (Lipinski definition) is 1. The van der Waals surface area contributed by atoms with E-state index in [1.54, 1.807) is 11.3 Å². The summed E-state index contributed by atoms with van der Waals surface area (Å²) in [6.07, 6.45) is 2.90. The fourth-order valence-electron chi connectivity index (χ4n) is 2.53. The van der Waals surface area contributed by atoms with Gasteiger partial charge >= 0.3 is 0 Å². The average molecular weight is 258 g/mol. The molecule has 94 valence electrons. The molecule has 0 saturated heterocycles. The van der Waals surface area contributed by atoms with Crippen LogP contribution >= 0.6 is 11.3 Å². The second kappa shape index (κ2) is 4.18. The van der Waals surface area contributed by atoms with E-state index in [-0.39, 0.29) is 5.54 Å². The van der Waals surface area contributed by atoms with Crippen LogP contribution in [0.2, 0.25) is 0 Å². The monoisotopic (exact) mass is 258 g/mol. The molecule has 1 aromatic heterocycles. The van der Waals surface area contributed by atoms with Gasteiger partial charge in [-0.05, 0) is 18.4 Å². The lowest BCUT2D eigenvalue weighted by molar-refractivity contribution is 0.411. The van der Waals surface area contributed by atoms with Gasteiger partial charge in [0.2, 0.25) is 0 Å². The standard InChI is InChI=1S/C15H18N2S/c1-3-15(16,4-2)14-17-13-11-8-6-5-7-10(11)9-12(13)18-14/h5-8H,3-4,9,16H2,1-2H3. The van der Waals surface area contributed by atoms with Gasteiger partial charge in [-0.2, -0.15) is 0 Å². The summed E-state index contributed by atoms with van der Waals surface area (Å²) in [4.78, 5) is 6.22. The van der Waals surface area contributed by atoms with Crippen molar-refractivity contribution in [1.82, 2.24) is 4.98 Å². The normalized spacial score (nSPS) is 13.5. The first-order chi connectivity index (χ1) is 8.68. The lowest BCUT2D eigenvalue weighted by atomic mass is 9.95. The molecule has 0 aliphatic heterocycles. The van der Waals surface area contributed by atoms with E-state index in [0.29, 0.717) is 0 Å². The number of benzene rings is 1. The highest BCUT2D eigenvalue weighted by atomic mass is 32.1. The molecule has 1 aliphatic rings. The van der Waals surface area contributed by atoms with Crippen molar-refractivity contribution < 1.29 is 0 Å². The van der Waals surface area contributed by atoms with Crippen LogP contribution in [-0.4, -0.2) is 4.98 Å². The number of nitrogens with two attached hydrogens (primary N) is 1. The fourth-order valence-corrected chi connectivity index (χ4v) is 3.87. The van der Waals surface area contributed by atoms with E-state index < -0.39 is 0 Å². The summed E-state index contributed by atoms with van der Waals surface area (Å²) in [5.74, 6) is 0. The molecule has 0 amide bonds. The van der Waals surface area contributed by atoms with Gasteiger partial charge in [0.15, 0.2) is 0 Å². The zero-order chi connectivity index (χ0) is 12.8. The molecule has 0 spiro atoms. The van der Waals surface area contributed by atoms with Crippen LogP contribution in [0.3, 0.4) is 0 Å². The van der Waals surface area contributed by atoms with Crippen molar-refractivity contribution in [3.8, 4) is 11.3 Å². The summed E-state index contributed by atoms with van der Waals surface area (Å²) < 4.78 is 0. The minimum atomic E-state index is -0.246. The Morgan fingerprint density at radius 2 is 2.00 bits per heavy atom. The van der Waals surface area contributed by atoms with Crippen molar-refractivity contribution in [2.24, 2.45) is 5.73 Å². The third kappa shape index (κ3) is 1.62. The van der Waals surface area contributed by atoms with Crippen LogP contribution in [0.25, 0.3) is 11.3 Å². The van der Waals surface area contributed by atoms with E-state index in [0.717, 1.165) is 24.3 Å². The maximum absolute atomic E-state index is 6.45. The highest BCUT2D eigenvalue weighted by Gasteiger charge is 2.31. The van der Waals surface area contributed by atoms with Crippen molar-refractivity contribution in [3.63, 3.8) is 0 Å². The van der Waals surface area contributed by atoms with Gasteiger partial charge in [0.05, 0.1) is 11.2 Å². The minimum Gasteiger partial charge on any atom is -0.319 e. The molecule has 0 atom stereocenters. The Bertz CT molecular complexity index is 582. The third-order valence-corrected chi connectivity index (χ3v) is 5.28. The van der Waals surface area contributed by atoms with Crippen molar-refractivity contribution in [3.05, 3.63) is 39.7 Å². The zero-order valence-electron chi connectivity index (χ0n) is 10.9. The third-order valence-electron chi connectivity index (χ3n) is 4.01. The molecule has 3 heteroatoms. The molecule has 0 unspecified atom stereocenters. The van der Waals surface area contributed by atoms with Crippen LogP contribution in [0, 0.1) is 0 Å². The first-order valence-corrected chi connectivity index (χ1v) is 7.37. The van der Waals surface area contributed by atoms with Gasteiger partial charge in [0.1, 0.15) is 5.01 Å².